The summed E-state index contributed by atoms with van der Waals surface area (Å²) in [5, 5.41) is 9.41. The number of aromatic nitrogens is 2. The molecule has 0 radical (unpaired) electrons. The molecule has 0 bridgehead atoms. The van der Waals surface area contributed by atoms with Gasteiger partial charge in [0.2, 0.25) is 5.91 Å². The molecule has 1 amide bonds. The molecule has 3 aromatic rings. The SMILES string of the molecule is Cc1nn(CCCC(=O)NC2CCC(C)CC2)c(=O)c2c1sc1ccccc12. The van der Waals surface area contributed by atoms with E-state index in [9.17, 15) is 9.59 Å². The first-order chi connectivity index (χ1) is 13.5. The Labute approximate surface area is 168 Å². The van der Waals surface area contributed by atoms with Gasteiger partial charge in [-0.25, -0.2) is 4.68 Å². The summed E-state index contributed by atoms with van der Waals surface area (Å²) in [5.41, 5.74) is 0.816. The second-order valence-electron chi connectivity index (χ2n) is 8.04. The summed E-state index contributed by atoms with van der Waals surface area (Å²) < 4.78 is 3.61. The Bertz CT molecular complexity index is 1060. The Kier molecular flexibility index (Phi) is 5.49. The number of rotatable bonds is 5. The van der Waals surface area contributed by atoms with Gasteiger partial charge in [0.15, 0.2) is 0 Å². The highest BCUT2D eigenvalue weighted by Crippen LogP contribution is 2.32. The first-order valence-electron chi connectivity index (χ1n) is 10.2. The highest BCUT2D eigenvalue weighted by molar-refractivity contribution is 7.26. The van der Waals surface area contributed by atoms with Crippen molar-refractivity contribution in [3.05, 3.63) is 40.3 Å². The second kappa shape index (κ2) is 8.03. The number of carbonyl (C=O) groups excluding carboxylic acids is 1. The first-order valence-corrected chi connectivity index (χ1v) is 11.0. The topological polar surface area (TPSA) is 64.0 Å². The summed E-state index contributed by atoms with van der Waals surface area (Å²) >= 11 is 1.62. The number of aryl methyl sites for hydroxylation is 2. The third-order valence-electron chi connectivity index (χ3n) is 5.80. The van der Waals surface area contributed by atoms with Gasteiger partial charge < -0.3 is 5.32 Å². The van der Waals surface area contributed by atoms with Gasteiger partial charge in [-0.15, -0.1) is 11.3 Å². The van der Waals surface area contributed by atoms with Crippen LogP contribution in [0.1, 0.15) is 51.1 Å². The van der Waals surface area contributed by atoms with E-state index in [0.29, 0.717) is 25.4 Å². The number of carbonyl (C=O) groups is 1. The van der Waals surface area contributed by atoms with Crippen LogP contribution in [0.2, 0.25) is 0 Å². The van der Waals surface area contributed by atoms with Crippen LogP contribution < -0.4 is 10.9 Å². The zero-order valence-corrected chi connectivity index (χ0v) is 17.3. The molecule has 0 saturated heterocycles. The lowest BCUT2D eigenvalue weighted by Gasteiger charge is -2.26. The summed E-state index contributed by atoms with van der Waals surface area (Å²) in [7, 11) is 0. The minimum Gasteiger partial charge on any atom is -0.353 e. The number of nitrogens with zero attached hydrogens (tertiary/aromatic N) is 2. The van der Waals surface area contributed by atoms with Gasteiger partial charge in [0.05, 0.1) is 15.8 Å². The minimum absolute atomic E-state index is 0.0558. The van der Waals surface area contributed by atoms with Crippen molar-refractivity contribution in [2.75, 3.05) is 0 Å². The molecule has 1 aromatic carbocycles. The average molecular weight is 398 g/mol. The molecular weight excluding hydrogens is 370 g/mol. The van der Waals surface area contributed by atoms with E-state index in [1.54, 1.807) is 11.3 Å². The van der Waals surface area contributed by atoms with Crippen LogP contribution >= 0.6 is 11.3 Å². The molecule has 0 spiro atoms. The summed E-state index contributed by atoms with van der Waals surface area (Å²) in [5.74, 6) is 0.865. The van der Waals surface area contributed by atoms with Crippen LogP contribution in [0.3, 0.4) is 0 Å². The molecule has 0 aliphatic heterocycles. The van der Waals surface area contributed by atoms with Crippen molar-refractivity contribution in [1.29, 1.82) is 0 Å². The molecule has 2 heterocycles. The van der Waals surface area contributed by atoms with Gasteiger partial charge in [0.1, 0.15) is 0 Å². The summed E-state index contributed by atoms with van der Waals surface area (Å²) in [4.78, 5) is 25.2. The summed E-state index contributed by atoms with van der Waals surface area (Å²) in [6.45, 7) is 4.69. The molecule has 1 aliphatic carbocycles. The first kappa shape index (κ1) is 19.1. The monoisotopic (exact) mass is 397 g/mol. The molecule has 0 atom stereocenters. The van der Waals surface area contributed by atoms with E-state index >= 15 is 0 Å². The number of benzene rings is 1. The molecule has 4 rings (SSSR count). The molecular formula is C22H27N3O2S. The quantitative estimate of drug-likeness (QED) is 0.694. The molecule has 1 aliphatic rings. The van der Waals surface area contributed by atoms with Gasteiger partial charge >= 0.3 is 0 Å². The average Bonchev–Trinajstić information content (AvgIpc) is 3.08. The van der Waals surface area contributed by atoms with E-state index in [-0.39, 0.29) is 11.5 Å². The summed E-state index contributed by atoms with van der Waals surface area (Å²) in [6.07, 6.45) is 5.59. The van der Waals surface area contributed by atoms with E-state index in [1.807, 2.05) is 31.2 Å². The smallest absolute Gasteiger partial charge is 0.276 e. The van der Waals surface area contributed by atoms with E-state index in [4.69, 9.17) is 0 Å². The third-order valence-corrected chi connectivity index (χ3v) is 7.08. The molecule has 0 unspecified atom stereocenters. The van der Waals surface area contributed by atoms with Crippen LogP contribution in [0.15, 0.2) is 29.1 Å². The molecule has 28 heavy (non-hydrogen) atoms. The Hall–Kier alpha value is -2.21. The van der Waals surface area contributed by atoms with Crippen LogP contribution in [0.4, 0.5) is 0 Å². The fourth-order valence-electron chi connectivity index (χ4n) is 4.16. The molecule has 5 nitrogen and oxygen atoms in total. The fraction of sp³-hybridized carbons (Fsp3) is 0.500. The van der Waals surface area contributed by atoms with Crippen molar-refractivity contribution in [3.8, 4) is 0 Å². The standard InChI is InChI=1S/C22H27N3O2S/c1-14-9-11-16(12-10-14)23-19(26)8-5-13-25-22(27)20-17-6-3-4-7-18(17)28-21(20)15(2)24-25/h3-4,6-7,14,16H,5,8-13H2,1-2H3,(H,23,26). The highest BCUT2D eigenvalue weighted by Gasteiger charge is 2.19. The number of amides is 1. The maximum atomic E-state index is 13.0. The molecule has 1 saturated carbocycles. The van der Waals surface area contributed by atoms with Crippen LogP contribution in [0, 0.1) is 12.8 Å². The van der Waals surface area contributed by atoms with Gasteiger partial charge in [-0.1, -0.05) is 25.1 Å². The molecule has 2 aromatic heterocycles. The number of thiophene rings is 1. The number of hydrogen-bond donors (Lipinski definition) is 1. The van der Waals surface area contributed by atoms with Gasteiger partial charge in [0, 0.05) is 29.1 Å². The lowest BCUT2D eigenvalue weighted by Crippen LogP contribution is -2.37. The van der Waals surface area contributed by atoms with Crippen molar-refractivity contribution in [1.82, 2.24) is 15.1 Å². The van der Waals surface area contributed by atoms with Crippen molar-refractivity contribution >= 4 is 37.4 Å². The summed E-state index contributed by atoms with van der Waals surface area (Å²) in [6, 6.07) is 8.31. The van der Waals surface area contributed by atoms with Crippen LogP contribution in [-0.2, 0) is 11.3 Å². The van der Waals surface area contributed by atoms with E-state index < -0.39 is 0 Å². The lowest BCUT2D eigenvalue weighted by molar-refractivity contribution is -0.122. The molecule has 1 fully saturated rings. The number of fused-ring (bicyclic) bond motifs is 3. The number of nitrogens with one attached hydrogen (secondary N) is 1. The predicted molar refractivity (Wildman–Crippen MR) is 115 cm³/mol. The van der Waals surface area contributed by atoms with E-state index in [0.717, 1.165) is 44.6 Å². The van der Waals surface area contributed by atoms with Crippen molar-refractivity contribution in [2.24, 2.45) is 5.92 Å². The number of hydrogen-bond acceptors (Lipinski definition) is 4. The zero-order valence-electron chi connectivity index (χ0n) is 16.5. The largest absolute Gasteiger partial charge is 0.353 e. The van der Waals surface area contributed by atoms with Gasteiger partial charge in [-0.05, 0) is 51.0 Å². The Morgan fingerprint density at radius 1 is 1.25 bits per heavy atom. The normalized spacial score (nSPS) is 19.9. The van der Waals surface area contributed by atoms with Crippen molar-refractivity contribution < 1.29 is 4.79 Å². The molecule has 1 N–H and O–H groups in total. The van der Waals surface area contributed by atoms with Crippen LogP contribution in [0.5, 0.6) is 0 Å². The Balaban J connectivity index is 1.43. The van der Waals surface area contributed by atoms with Crippen molar-refractivity contribution in [3.63, 3.8) is 0 Å². The highest BCUT2D eigenvalue weighted by atomic mass is 32.1. The Morgan fingerprint density at radius 2 is 2.00 bits per heavy atom. The van der Waals surface area contributed by atoms with Gasteiger partial charge in [-0.2, -0.15) is 5.10 Å². The van der Waals surface area contributed by atoms with Crippen LogP contribution in [0.25, 0.3) is 20.2 Å². The second-order valence-corrected chi connectivity index (χ2v) is 9.10. The van der Waals surface area contributed by atoms with Gasteiger partial charge in [-0.3, -0.25) is 9.59 Å². The maximum Gasteiger partial charge on any atom is 0.276 e. The molecule has 6 heteroatoms. The molecule has 148 valence electrons. The minimum atomic E-state index is -0.0558. The lowest BCUT2D eigenvalue weighted by atomic mass is 9.87. The van der Waals surface area contributed by atoms with Gasteiger partial charge in [0.25, 0.3) is 5.56 Å². The maximum absolute atomic E-state index is 13.0. The van der Waals surface area contributed by atoms with E-state index in [1.165, 1.54) is 17.5 Å². The van der Waals surface area contributed by atoms with Crippen molar-refractivity contribution in [2.45, 2.75) is 65.0 Å². The van der Waals surface area contributed by atoms with E-state index in [2.05, 4.69) is 17.3 Å². The van der Waals surface area contributed by atoms with Crippen LogP contribution in [-0.4, -0.2) is 21.7 Å². The zero-order chi connectivity index (χ0) is 19.7. The fourth-order valence-corrected chi connectivity index (χ4v) is 5.29. The predicted octanol–water partition coefficient (Wildman–Crippen LogP) is 4.39. The Morgan fingerprint density at radius 3 is 2.79 bits per heavy atom. The third kappa shape index (κ3) is 3.83.